The number of nitro groups is 1. The second-order valence-electron chi connectivity index (χ2n) is 4.08. The second kappa shape index (κ2) is 5.94. The zero-order valence-electron chi connectivity index (χ0n) is 11.1. The van der Waals surface area contributed by atoms with Gasteiger partial charge in [0, 0.05) is 6.54 Å². The van der Waals surface area contributed by atoms with Gasteiger partial charge in [0.2, 0.25) is 0 Å². The molecule has 0 radical (unpaired) electrons. The van der Waals surface area contributed by atoms with Crippen LogP contribution in [0.25, 0.3) is 0 Å². The van der Waals surface area contributed by atoms with Crippen molar-refractivity contribution in [3.05, 3.63) is 55.2 Å². The van der Waals surface area contributed by atoms with Crippen LogP contribution in [0, 0.1) is 10.1 Å². The van der Waals surface area contributed by atoms with Crippen molar-refractivity contribution in [2.75, 3.05) is 11.9 Å². The molecule has 0 aliphatic rings. The van der Waals surface area contributed by atoms with Gasteiger partial charge in [0.15, 0.2) is 0 Å². The number of nitrogens with zero attached hydrogens (tertiary/aromatic N) is 4. The summed E-state index contributed by atoms with van der Waals surface area (Å²) in [6, 6.07) is 0. The molecule has 0 fully saturated rings. The Hall–Kier alpha value is -3.04. The van der Waals surface area contributed by atoms with Gasteiger partial charge >= 0.3 is 16.9 Å². The third-order valence-corrected chi connectivity index (χ3v) is 2.58. The van der Waals surface area contributed by atoms with Crippen LogP contribution in [0.2, 0.25) is 0 Å². The van der Waals surface area contributed by atoms with Crippen molar-refractivity contribution in [3.63, 3.8) is 0 Å². The van der Waals surface area contributed by atoms with Crippen LogP contribution in [0.1, 0.15) is 12.6 Å². The van der Waals surface area contributed by atoms with Gasteiger partial charge in [-0.25, -0.2) is 9.78 Å². The van der Waals surface area contributed by atoms with E-state index in [1.54, 1.807) is 0 Å². The highest BCUT2D eigenvalue weighted by Gasteiger charge is 2.15. The largest absolute Gasteiger partial charge is 0.369 e. The average Bonchev–Trinajstić information content (AvgIpc) is 2.43. The number of hydrogen-bond donors (Lipinski definition) is 2. The molecule has 0 atom stereocenters. The van der Waals surface area contributed by atoms with Gasteiger partial charge < -0.3 is 5.32 Å². The van der Waals surface area contributed by atoms with Crippen LogP contribution in [-0.2, 0) is 6.54 Å². The monoisotopic (exact) mass is 292 g/mol. The zero-order chi connectivity index (χ0) is 15.4. The standard InChI is InChI=1S/C11H12N6O4/c1-2-12-9-4-13-7(3-14-9)5-16-6-8(17(20)21)10(18)15-11(16)19/h3-4,6H,2,5H2,1H3,(H,12,14)(H,15,18,19). The Bertz CT molecular complexity index is 764. The molecular weight excluding hydrogens is 280 g/mol. The number of H-pyrrole nitrogens is 1. The molecule has 0 aromatic carbocycles. The quantitative estimate of drug-likeness (QED) is 0.571. The minimum Gasteiger partial charge on any atom is -0.369 e. The first-order valence-corrected chi connectivity index (χ1v) is 6.04. The first kappa shape index (κ1) is 14.4. The maximum Gasteiger partial charge on any atom is 0.350 e. The minimum absolute atomic E-state index is 0.0319. The lowest BCUT2D eigenvalue weighted by atomic mass is 10.4. The average molecular weight is 292 g/mol. The fourth-order valence-corrected chi connectivity index (χ4v) is 1.63. The van der Waals surface area contributed by atoms with E-state index in [1.165, 1.54) is 12.4 Å². The fraction of sp³-hybridized carbons (Fsp3) is 0.273. The van der Waals surface area contributed by atoms with Gasteiger partial charge in [-0.05, 0) is 6.92 Å². The summed E-state index contributed by atoms with van der Waals surface area (Å²) in [7, 11) is 0. The summed E-state index contributed by atoms with van der Waals surface area (Å²) in [5.74, 6) is 0.584. The van der Waals surface area contributed by atoms with Crippen molar-refractivity contribution >= 4 is 11.5 Å². The predicted octanol–water partition coefficient (Wildman–Crippen LogP) is -0.285. The van der Waals surface area contributed by atoms with E-state index in [0.717, 1.165) is 10.8 Å². The first-order chi connectivity index (χ1) is 10.0. The van der Waals surface area contributed by atoms with E-state index in [1.807, 2.05) is 11.9 Å². The summed E-state index contributed by atoms with van der Waals surface area (Å²) in [6.07, 6.45) is 3.83. The van der Waals surface area contributed by atoms with Crippen molar-refractivity contribution in [2.45, 2.75) is 13.5 Å². The van der Waals surface area contributed by atoms with Crippen LogP contribution in [0.4, 0.5) is 11.5 Å². The number of hydrogen-bond acceptors (Lipinski definition) is 7. The van der Waals surface area contributed by atoms with E-state index in [9.17, 15) is 19.7 Å². The summed E-state index contributed by atoms with van der Waals surface area (Å²) >= 11 is 0. The summed E-state index contributed by atoms with van der Waals surface area (Å²) in [6.45, 7) is 2.57. The molecule has 10 nitrogen and oxygen atoms in total. The summed E-state index contributed by atoms with van der Waals surface area (Å²) in [4.78, 5) is 42.8. The molecule has 10 heteroatoms. The number of aromatic nitrogens is 4. The Morgan fingerprint density at radius 1 is 1.38 bits per heavy atom. The highest BCUT2D eigenvalue weighted by atomic mass is 16.6. The minimum atomic E-state index is -1.03. The molecule has 0 saturated heterocycles. The molecule has 0 unspecified atom stereocenters. The Morgan fingerprint density at radius 2 is 2.14 bits per heavy atom. The Labute approximate surface area is 117 Å². The molecule has 0 bridgehead atoms. The van der Waals surface area contributed by atoms with Crippen LogP contribution in [0.15, 0.2) is 28.2 Å². The molecule has 0 amide bonds. The third-order valence-electron chi connectivity index (χ3n) is 2.58. The van der Waals surface area contributed by atoms with Gasteiger partial charge in [0.25, 0.3) is 0 Å². The lowest BCUT2D eigenvalue weighted by Gasteiger charge is -2.05. The van der Waals surface area contributed by atoms with Crippen LogP contribution in [0.5, 0.6) is 0 Å². The maximum atomic E-state index is 11.6. The van der Waals surface area contributed by atoms with E-state index in [4.69, 9.17) is 0 Å². The van der Waals surface area contributed by atoms with Crippen LogP contribution < -0.4 is 16.6 Å². The van der Waals surface area contributed by atoms with Crippen molar-refractivity contribution in [2.24, 2.45) is 0 Å². The van der Waals surface area contributed by atoms with Gasteiger partial charge in [-0.1, -0.05) is 0 Å². The highest BCUT2D eigenvalue weighted by molar-refractivity contribution is 5.30. The van der Waals surface area contributed by atoms with Crippen molar-refractivity contribution in [3.8, 4) is 0 Å². The van der Waals surface area contributed by atoms with E-state index >= 15 is 0 Å². The van der Waals surface area contributed by atoms with E-state index in [0.29, 0.717) is 18.1 Å². The van der Waals surface area contributed by atoms with Crippen molar-refractivity contribution < 1.29 is 4.92 Å². The number of anilines is 1. The molecule has 110 valence electrons. The first-order valence-electron chi connectivity index (χ1n) is 6.04. The lowest BCUT2D eigenvalue weighted by molar-refractivity contribution is -0.386. The number of aromatic amines is 1. The molecule has 21 heavy (non-hydrogen) atoms. The Kier molecular flexibility index (Phi) is 4.07. The third kappa shape index (κ3) is 3.29. The van der Waals surface area contributed by atoms with Crippen LogP contribution >= 0.6 is 0 Å². The highest BCUT2D eigenvalue weighted by Crippen LogP contribution is 2.04. The van der Waals surface area contributed by atoms with E-state index < -0.39 is 21.9 Å². The fourth-order valence-electron chi connectivity index (χ4n) is 1.63. The molecule has 2 N–H and O–H groups in total. The molecule has 0 aliphatic carbocycles. The molecule has 0 spiro atoms. The second-order valence-corrected chi connectivity index (χ2v) is 4.08. The van der Waals surface area contributed by atoms with Gasteiger partial charge in [0.1, 0.15) is 5.82 Å². The smallest absolute Gasteiger partial charge is 0.350 e. The topological polar surface area (TPSA) is 136 Å². The van der Waals surface area contributed by atoms with Gasteiger partial charge in [-0.3, -0.25) is 29.4 Å². The molecule has 2 rings (SSSR count). The van der Waals surface area contributed by atoms with Crippen molar-refractivity contribution in [1.29, 1.82) is 0 Å². The molecule has 2 aromatic rings. The Morgan fingerprint density at radius 3 is 2.71 bits per heavy atom. The predicted molar refractivity (Wildman–Crippen MR) is 73.3 cm³/mol. The molecule has 2 aromatic heterocycles. The van der Waals surface area contributed by atoms with Gasteiger partial charge in [-0.15, -0.1) is 0 Å². The van der Waals surface area contributed by atoms with Crippen molar-refractivity contribution in [1.82, 2.24) is 19.5 Å². The molecule has 0 aliphatic heterocycles. The lowest BCUT2D eigenvalue weighted by Crippen LogP contribution is -2.31. The Balaban J connectivity index is 2.31. The normalized spacial score (nSPS) is 10.3. The summed E-state index contributed by atoms with van der Waals surface area (Å²) in [5, 5.41) is 13.7. The number of rotatable bonds is 5. The molecular formula is C11H12N6O4. The van der Waals surface area contributed by atoms with Gasteiger partial charge in [-0.2, -0.15) is 0 Å². The van der Waals surface area contributed by atoms with E-state index in [-0.39, 0.29) is 6.54 Å². The zero-order valence-corrected chi connectivity index (χ0v) is 11.1. The maximum absolute atomic E-state index is 11.6. The summed E-state index contributed by atoms with van der Waals surface area (Å²) < 4.78 is 0.996. The molecule has 0 saturated carbocycles. The van der Waals surface area contributed by atoms with Gasteiger partial charge in [0.05, 0.1) is 35.8 Å². The SMILES string of the molecule is CCNc1cnc(Cn2cc([N+](=O)[O-])c(=O)[nH]c2=O)cn1. The number of nitrogens with one attached hydrogen (secondary N) is 2. The summed E-state index contributed by atoms with van der Waals surface area (Å²) in [5.41, 5.74) is -2.05. The van der Waals surface area contributed by atoms with Crippen LogP contribution in [-0.4, -0.2) is 31.0 Å². The molecule has 2 heterocycles. The van der Waals surface area contributed by atoms with E-state index in [2.05, 4.69) is 15.3 Å². The van der Waals surface area contributed by atoms with Crippen LogP contribution in [0.3, 0.4) is 0 Å².